The predicted molar refractivity (Wildman–Crippen MR) is 105 cm³/mol. The first-order valence-corrected chi connectivity index (χ1v) is 8.66. The fourth-order valence-corrected chi connectivity index (χ4v) is 2.88. The van der Waals surface area contributed by atoms with Crippen molar-refractivity contribution in [1.29, 1.82) is 0 Å². The van der Waals surface area contributed by atoms with Gasteiger partial charge >= 0.3 is 0 Å². The van der Waals surface area contributed by atoms with E-state index in [1.807, 2.05) is 0 Å². The van der Waals surface area contributed by atoms with Gasteiger partial charge in [-0.25, -0.2) is 0 Å². The molecule has 0 bridgehead atoms. The zero-order valence-electron chi connectivity index (χ0n) is 16.4. The summed E-state index contributed by atoms with van der Waals surface area (Å²) in [5, 5.41) is 0. The summed E-state index contributed by atoms with van der Waals surface area (Å²) in [6.07, 6.45) is 1.13. The number of nitrogens with two attached hydrogens (primary N) is 1. The molecule has 1 saturated heterocycles. The van der Waals surface area contributed by atoms with Gasteiger partial charge in [0.1, 0.15) is 0 Å². The number of hydrogen-bond donors (Lipinski definition) is 1. The Labute approximate surface area is 163 Å². The summed E-state index contributed by atoms with van der Waals surface area (Å²) in [5.41, 5.74) is 8.69. The molecule has 150 valence electrons. The van der Waals surface area contributed by atoms with Crippen LogP contribution in [0.15, 0.2) is 29.3 Å². The van der Waals surface area contributed by atoms with E-state index in [1.54, 1.807) is 58.9 Å². The topological polar surface area (TPSA) is 93.8 Å². The Hall–Kier alpha value is -2.97. The van der Waals surface area contributed by atoms with E-state index in [9.17, 15) is 0 Å². The maximum absolute atomic E-state index is 6.13. The first-order chi connectivity index (χ1) is 13.6. The van der Waals surface area contributed by atoms with Crippen molar-refractivity contribution < 1.29 is 28.4 Å². The minimum atomic E-state index is -0.519. The lowest BCUT2D eigenvalue weighted by Gasteiger charge is -2.16. The van der Waals surface area contributed by atoms with Crippen LogP contribution in [0.4, 0.5) is 11.4 Å². The molecule has 2 aromatic rings. The highest BCUT2D eigenvalue weighted by atomic mass is 16.7. The monoisotopic (exact) mass is 388 g/mol. The average Bonchev–Trinajstić information content (AvgIpc) is 3.26. The number of ether oxygens (including phenoxy) is 6. The van der Waals surface area contributed by atoms with Crippen LogP contribution in [0.5, 0.6) is 23.0 Å². The SMILES string of the molecule is COc1cc(N)c(C=Nc2cc(OC)c(OC)cc2C2OCCO2)cc1OC. The van der Waals surface area contributed by atoms with Gasteiger partial charge < -0.3 is 34.2 Å². The molecule has 28 heavy (non-hydrogen) atoms. The molecule has 0 unspecified atom stereocenters. The number of benzene rings is 2. The molecular weight excluding hydrogens is 364 g/mol. The third-order valence-corrected chi connectivity index (χ3v) is 4.34. The molecule has 0 spiro atoms. The molecule has 0 amide bonds. The third-order valence-electron chi connectivity index (χ3n) is 4.34. The fourth-order valence-electron chi connectivity index (χ4n) is 2.88. The smallest absolute Gasteiger partial charge is 0.186 e. The van der Waals surface area contributed by atoms with Crippen LogP contribution >= 0.6 is 0 Å². The second kappa shape index (κ2) is 8.81. The van der Waals surface area contributed by atoms with Gasteiger partial charge in [0.05, 0.1) is 47.3 Å². The standard InChI is InChI=1S/C20H24N2O6/c1-23-16-7-12(14(21)9-18(16)25-3)11-22-15-10-19(26-4)17(24-2)8-13(15)20-27-5-6-28-20/h7-11,20H,5-6,21H2,1-4H3. The summed E-state index contributed by atoms with van der Waals surface area (Å²) >= 11 is 0. The number of aliphatic imine (C=N–C) groups is 1. The molecule has 0 radical (unpaired) electrons. The number of anilines is 1. The van der Waals surface area contributed by atoms with Gasteiger partial charge in [-0.2, -0.15) is 0 Å². The maximum atomic E-state index is 6.13. The van der Waals surface area contributed by atoms with Crippen molar-refractivity contribution in [2.24, 2.45) is 4.99 Å². The Balaban J connectivity index is 2.03. The van der Waals surface area contributed by atoms with Gasteiger partial charge in [-0.05, 0) is 12.1 Å². The molecular formula is C20H24N2O6. The number of rotatable bonds is 7. The van der Waals surface area contributed by atoms with Gasteiger partial charge in [-0.3, -0.25) is 4.99 Å². The number of methoxy groups -OCH3 is 4. The normalized spacial score (nSPS) is 14.4. The highest BCUT2D eigenvalue weighted by Crippen LogP contribution is 2.40. The zero-order chi connectivity index (χ0) is 20.1. The van der Waals surface area contributed by atoms with E-state index >= 15 is 0 Å². The first-order valence-electron chi connectivity index (χ1n) is 8.66. The summed E-state index contributed by atoms with van der Waals surface area (Å²) in [6.45, 7) is 1.04. The van der Waals surface area contributed by atoms with E-state index in [0.717, 1.165) is 5.56 Å². The van der Waals surface area contributed by atoms with E-state index in [-0.39, 0.29) is 0 Å². The van der Waals surface area contributed by atoms with Crippen LogP contribution in [0.2, 0.25) is 0 Å². The Morgan fingerprint density at radius 3 is 2.00 bits per heavy atom. The Kier molecular flexibility index (Phi) is 6.23. The van der Waals surface area contributed by atoms with Crippen LogP contribution in [0.1, 0.15) is 17.4 Å². The lowest BCUT2D eigenvalue weighted by atomic mass is 10.1. The molecule has 1 heterocycles. The third kappa shape index (κ3) is 3.97. The predicted octanol–water partition coefficient (Wildman–Crippen LogP) is 3.10. The summed E-state index contributed by atoms with van der Waals surface area (Å²) in [5.74, 6) is 2.24. The molecule has 0 aromatic heterocycles. The van der Waals surface area contributed by atoms with Crippen molar-refractivity contribution in [3.63, 3.8) is 0 Å². The molecule has 0 aliphatic carbocycles. The van der Waals surface area contributed by atoms with Crippen molar-refractivity contribution in [3.8, 4) is 23.0 Å². The van der Waals surface area contributed by atoms with Crippen molar-refractivity contribution in [3.05, 3.63) is 35.4 Å². The van der Waals surface area contributed by atoms with Crippen LogP contribution in [0.25, 0.3) is 0 Å². The van der Waals surface area contributed by atoms with E-state index in [1.165, 1.54) is 0 Å². The molecule has 8 heteroatoms. The zero-order valence-corrected chi connectivity index (χ0v) is 16.4. The fraction of sp³-hybridized carbons (Fsp3) is 0.350. The van der Waals surface area contributed by atoms with Crippen LogP contribution in [-0.2, 0) is 9.47 Å². The van der Waals surface area contributed by atoms with Gasteiger partial charge in [0, 0.05) is 35.2 Å². The van der Waals surface area contributed by atoms with Crippen molar-refractivity contribution in [2.75, 3.05) is 47.4 Å². The highest BCUT2D eigenvalue weighted by Gasteiger charge is 2.24. The van der Waals surface area contributed by atoms with E-state index in [4.69, 9.17) is 34.2 Å². The minimum absolute atomic E-state index is 0.511. The molecule has 1 aliphatic rings. The summed E-state index contributed by atoms with van der Waals surface area (Å²) in [7, 11) is 6.27. The number of nitrogen functional groups attached to an aromatic ring is 1. The lowest BCUT2D eigenvalue weighted by Crippen LogP contribution is -2.01. The van der Waals surface area contributed by atoms with Gasteiger partial charge in [-0.15, -0.1) is 0 Å². The molecule has 3 rings (SSSR count). The van der Waals surface area contributed by atoms with Crippen molar-refractivity contribution in [2.45, 2.75) is 6.29 Å². The molecule has 1 aliphatic heterocycles. The second-order valence-electron chi connectivity index (χ2n) is 5.93. The van der Waals surface area contributed by atoms with E-state index in [0.29, 0.717) is 53.2 Å². The van der Waals surface area contributed by atoms with Crippen LogP contribution < -0.4 is 24.7 Å². The quantitative estimate of drug-likeness (QED) is 0.575. The molecule has 2 aromatic carbocycles. The first kappa shape index (κ1) is 19.8. The second-order valence-corrected chi connectivity index (χ2v) is 5.93. The summed E-state index contributed by atoms with van der Waals surface area (Å²) in [4.78, 5) is 4.60. The number of nitrogens with zero attached hydrogens (tertiary/aromatic N) is 1. The van der Waals surface area contributed by atoms with Crippen molar-refractivity contribution in [1.82, 2.24) is 0 Å². The molecule has 0 saturated carbocycles. The van der Waals surface area contributed by atoms with Crippen LogP contribution in [0.3, 0.4) is 0 Å². The highest BCUT2D eigenvalue weighted by molar-refractivity contribution is 5.90. The van der Waals surface area contributed by atoms with Gasteiger partial charge in [-0.1, -0.05) is 0 Å². The minimum Gasteiger partial charge on any atom is -0.493 e. The number of hydrogen-bond acceptors (Lipinski definition) is 8. The summed E-state index contributed by atoms with van der Waals surface area (Å²) in [6, 6.07) is 7.03. The van der Waals surface area contributed by atoms with Gasteiger partial charge in [0.2, 0.25) is 0 Å². The van der Waals surface area contributed by atoms with Gasteiger partial charge in [0.25, 0.3) is 0 Å². The Bertz CT molecular complexity index is 862. The lowest BCUT2D eigenvalue weighted by molar-refractivity contribution is -0.0437. The average molecular weight is 388 g/mol. The van der Waals surface area contributed by atoms with Crippen LogP contribution in [0, 0.1) is 0 Å². The maximum Gasteiger partial charge on any atom is 0.186 e. The molecule has 1 fully saturated rings. The molecule has 8 nitrogen and oxygen atoms in total. The Morgan fingerprint density at radius 2 is 1.39 bits per heavy atom. The van der Waals surface area contributed by atoms with Gasteiger partial charge in [0.15, 0.2) is 29.3 Å². The van der Waals surface area contributed by atoms with E-state index < -0.39 is 6.29 Å². The van der Waals surface area contributed by atoms with E-state index in [2.05, 4.69) is 4.99 Å². The molecule has 2 N–H and O–H groups in total. The molecule has 0 atom stereocenters. The Morgan fingerprint density at radius 1 is 0.857 bits per heavy atom. The summed E-state index contributed by atoms with van der Waals surface area (Å²) < 4.78 is 32.7. The van der Waals surface area contributed by atoms with Crippen molar-refractivity contribution >= 4 is 17.6 Å². The largest absolute Gasteiger partial charge is 0.493 e. The van der Waals surface area contributed by atoms with Crippen LogP contribution in [-0.4, -0.2) is 47.9 Å².